The number of carbonyl (C=O) groups excluding carboxylic acids is 1. The molecule has 1 aromatic heterocycles. The Morgan fingerprint density at radius 2 is 1.93 bits per heavy atom. The molecule has 1 saturated heterocycles. The van der Waals surface area contributed by atoms with Gasteiger partial charge in [-0.2, -0.15) is 0 Å². The van der Waals surface area contributed by atoms with Gasteiger partial charge < -0.3 is 24.2 Å². The molecule has 2 aromatic rings. The van der Waals surface area contributed by atoms with Crippen molar-refractivity contribution in [2.75, 3.05) is 45.7 Å². The van der Waals surface area contributed by atoms with Gasteiger partial charge in [-0.15, -0.1) is 0 Å². The van der Waals surface area contributed by atoms with Gasteiger partial charge >= 0.3 is 6.03 Å². The lowest BCUT2D eigenvalue weighted by atomic mass is 10.2. The average molecular weight is 371 g/mol. The number of benzene rings is 1. The minimum Gasteiger partial charge on any atom is -0.493 e. The molecule has 3 rings (SSSR count). The van der Waals surface area contributed by atoms with Crippen LogP contribution in [0, 0.1) is 0 Å². The second kappa shape index (κ2) is 8.11. The van der Waals surface area contributed by atoms with E-state index in [1.54, 1.807) is 26.1 Å². The predicted octanol–water partition coefficient (Wildman–Crippen LogP) is 2.47. The molecule has 8 nitrogen and oxygen atoms in total. The van der Waals surface area contributed by atoms with Gasteiger partial charge in [0.05, 0.1) is 7.11 Å². The molecule has 0 N–H and O–H groups in total. The van der Waals surface area contributed by atoms with Gasteiger partial charge in [0.15, 0.2) is 11.5 Å². The van der Waals surface area contributed by atoms with Crippen LogP contribution in [0.15, 0.2) is 36.7 Å². The van der Waals surface area contributed by atoms with E-state index in [-0.39, 0.29) is 12.1 Å². The van der Waals surface area contributed by atoms with Crippen LogP contribution in [-0.2, 0) is 0 Å². The predicted molar refractivity (Wildman–Crippen MR) is 103 cm³/mol. The van der Waals surface area contributed by atoms with Crippen molar-refractivity contribution in [3.8, 4) is 17.4 Å². The zero-order valence-electron chi connectivity index (χ0n) is 16.1. The van der Waals surface area contributed by atoms with E-state index < -0.39 is 0 Å². The molecule has 1 fully saturated rings. The Morgan fingerprint density at radius 1 is 1.19 bits per heavy atom. The number of para-hydroxylation sites is 2. The highest BCUT2D eigenvalue weighted by Crippen LogP contribution is 2.31. The van der Waals surface area contributed by atoms with Crippen molar-refractivity contribution < 1.29 is 14.3 Å². The lowest BCUT2D eigenvalue weighted by molar-refractivity contribution is 0.146. The molecular weight excluding hydrogens is 346 g/mol. The van der Waals surface area contributed by atoms with Crippen LogP contribution in [-0.4, -0.2) is 72.7 Å². The number of carbonyl (C=O) groups is 1. The first-order chi connectivity index (χ1) is 13.0. The Balaban J connectivity index is 1.72. The summed E-state index contributed by atoms with van der Waals surface area (Å²) in [6.45, 7) is 4.09. The van der Waals surface area contributed by atoms with Crippen LogP contribution >= 0.6 is 0 Å². The maximum absolute atomic E-state index is 12.2. The zero-order chi connectivity index (χ0) is 19.4. The van der Waals surface area contributed by atoms with Gasteiger partial charge in [0, 0.05) is 45.8 Å². The fraction of sp³-hybridized carbons (Fsp3) is 0.421. The Labute approximate surface area is 159 Å². The fourth-order valence-corrected chi connectivity index (χ4v) is 3.08. The number of amides is 2. The molecule has 27 heavy (non-hydrogen) atoms. The summed E-state index contributed by atoms with van der Waals surface area (Å²) < 4.78 is 11.2. The summed E-state index contributed by atoms with van der Waals surface area (Å²) >= 11 is 0. The molecule has 144 valence electrons. The van der Waals surface area contributed by atoms with Crippen LogP contribution in [0.4, 0.5) is 10.6 Å². The van der Waals surface area contributed by atoms with Gasteiger partial charge in [0.1, 0.15) is 12.1 Å². The molecule has 1 unspecified atom stereocenters. The number of aromatic nitrogens is 2. The standard InChI is InChI=1S/C19H25N5O3/c1-14-12-23(9-10-24(14)19(25)22(2)3)17-11-18(21-13-20-17)27-16-8-6-5-7-15(16)26-4/h5-8,11,13-14H,9-10,12H2,1-4H3. The molecule has 0 spiro atoms. The molecular formula is C19H25N5O3. The smallest absolute Gasteiger partial charge is 0.319 e. The van der Waals surface area contributed by atoms with E-state index in [1.807, 2.05) is 42.2 Å². The van der Waals surface area contributed by atoms with Crippen molar-refractivity contribution in [2.45, 2.75) is 13.0 Å². The Kier molecular flexibility index (Phi) is 5.63. The molecule has 0 saturated carbocycles. The van der Waals surface area contributed by atoms with Crippen LogP contribution in [0.5, 0.6) is 17.4 Å². The third-order valence-corrected chi connectivity index (χ3v) is 4.49. The van der Waals surface area contributed by atoms with E-state index in [1.165, 1.54) is 6.33 Å². The van der Waals surface area contributed by atoms with Gasteiger partial charge in [-0.05, 0) is 19.1 Å². The van der Waals surface area contributed by atoms with Crippen molar-refractivity contribution in [3.05, 3.63) is 36.7 Å². The molecule has 0 radical (unpaired) electrons. The fourth-order valence-electron chi connectivity index (χ4n) is 3.08. The lowest BCUT2D eigenvalue weighted by Crippen LogP contribution is -2.56. The van der Waals surface area contributed by atoms with E-state index in [0.29, 0.717) is 37.0 Å². The minimum atomic E-state index is 0.0324. The number of ether oxygens (including phenoxy) is 2. The van der Waals surface area contributed by atoms with Crippen molar-refractivity contribution in [1.82, 2.24) is 19.8 Å². The molecule has 1 atom stereocenters. The summed E-state index contributed by atoms with van der Waals surface area (Å²) in [5.74, 6) is 2.46. The SMILES string of the molecule is COc1ccccc1Oc1cc(N2CCN(C(=O)N(C)C)C(C)C2)ncn1. The molecule has 0 aliphatic carbocycles. The molecule has 2 amide bonds. The van der Waals surface area contributed by atoms with E-state index in [9.17, 15) is 4.79 Å². The Hall–Kier alpha value is -3.03. The number of rotatable bonds is 4. The minimum absolute atomic E-state index is 0.0324. The molecule has 1 aliphatic heterocycles. The number of nitrogens with zero attached hydrogens (tertiary/aromatic N) is 5. The highest BCUT2D eigenvalue weighted by atomic mass is 16.5. The summed E-state index contributed by atoms with van der Waals surface area (Å²) in [7, 11) is 5.14. The number of hydrogen-bond donors (Lipinski definition) is 0. The monoisotopic (exact) mass is 371 g/mol. The molecule has 1 aliphatic rings. The number of anilines is 1. The largest absolute Gasteiger partial charge is 0.493 e. The van der Waals surface area contributed by atoms with Gasteiger partial charge in [-0.3, -0.25) is 0 Å². The zero-order valence-corrected chi connectivity index (χ0v) is 16.1. The van der Waals surface area contributed by atoms with Crippen molar-refractivity contribution >= 4 is 11.8 Å². The summed E-state index contributed by atoms with van der Waals surface area (Å²) in [4.78, 5) is 26.5. The average Bonchev–Trinajstić information content (AvgIpc) is 2.68. The van der Waals surface area contributed by atoms with E-state index in [0.717, 1.165) is 5.82 Å². The van der Waals surface area contributed by atoms with Crippen LogP contribution in [0.3, 0.4) is 0 Å². The number of hydrogen-bond acceptors (Lipinski definition) is 6. The van der Waals surface area contributed by atoms with E-state index in [4.69, 9.17) is 9.47 Å². The van der Waals surface area contributed by atoms with Gasteiger partial charge in [0.2, 0.25) is 5.88 Å². The number of urea groups is 1. The topological polar surface area (TPSA) is 71.0 Å². The first-order valence-electron chi connectivity index (χ1n) is 8.85. The van der Waals surface area contributed by atoms with Gasteiger partial charge in [0.25, 0.3) is 0 Å². The first-order valence-corrected chi connectivity index (χ1v) is 8.85. The Morgan fingerprint density at radius 3 is 2.59 bits per heavy atom. The lowest BCUT2D eigenvalue weighted by Gasteiger charge is -2.41. The van der Waals surface area contributed by atoms with Crippen LogP contribution in [0.25, 0.3) is 0 Å². The van der Waals surface area contributed by atoms with Crippen LogP contribution in [0.1, 0.15) is 6.92 Å². The third-order valence-electron chi connectivity index (χ3n) is 4.49. The Bertz CT molecular complexity index is 798. The molecule has 2 heterocycles. The molecule has 8 heteroatoms. The van der Waals surface area contributed by atoms with Crippen LogP contribution in [0.2, 0.25) is 0 Å². The summed E-state index contributed by atoms with van der Waals surface area (Å²) in [6, 6.07) is 9.35. The van der Waals surface area contributed by atoms with Gasteiger partial charge in [-0.25, -0.2) is 14.8 Å². The quantitative estimate of drug-likeness (QED) is 0.822. The molecule has 0 bridgehead atoms. The third kappa shape index (κ3) is 4.21. The maximum atomic E-state index is 12.2. The van der Waals surface area contributed by atoms with Crippen molar-refractivity contribution in [3.63, 3.8) is 0 Å². The number of piperazine rings is 1. The number of methoxy groups -OCH3 is 1. The first kappa shape index (κ1) is 18.8. The van der Waals surface area contributed by atoms with E-state index in [2.05, 4.69) is 14.9 Å². The van der Waals surface area contributed by atoms with E-state index >= 15 is 0 Å². The molecule has 1 aromatic carbocycles. The van der Waals surface area contributed by atoms with Crippen molar-refractivity contribution in [2.24, 2.45) is 0 Å². The summed E-state index contributed by atoms with van der Waals surface area (Å²) in [6.07, 6.45) is 1.49. The van der Waals surface area contributed by atoms with Crippen LogP contribution < -0.4 is 14.4 Å². The summed E-state index contributed by atoms with van der Waals surface area (Å²) in [5, 5.41) is 0. The van der Waals surface area contributed by atoms with Gasteiger partial charge in [-0.1, -0.05) is 12.1 Å². The highest BCUT2D eigenvalue weighted by molar-refractivity contribution is 5.74. The highest BCUT2D eigenvalue weighted by Gasteiger charge is 2.29. The second-order valence-corrected chi connectivity index (χ2v) is 6.63. The maximum Gasteiger partial charge on any atom is 0.319 e. The van der Waals surface area contributed by atoms with Crippen molar-refractivity contribution in [1.29, 1.82) is 0 Å². The normalized spacial score (nSPS) is 16.8. The summed E-state index contributed by atoms with van der Waals surface area (Å²) in [5.41, 5.74) is 0. The second-order valence-electron chi connectivity index (χ2n) is 6.63.